The molecule has 1 heterocycles. The van der Waals surface area contributed by atoms with Gasteiger partial charge in [-0.3, -0.25) is 10.1 Å². The SMILES string of the molecule is CN(C)CCCOc1nc(Cl)ncc1[N+](=O)[O-]. The normalized spacial score (nSPS) is 10.6. The van der Waals surface area contributed by atoms with Crippen LogP contribution in [0.2, 0.25) is 5.28 Å². The van der Waals surface area contributed by atoms with Crippen molar-refractivity contribution in [2.75, 3.05) is 27.2 Å². The molecule has 0 bridgehead atoms. The zero-order chi connectivity index (χ0) is 12.8. The third kappa shape index (κ3) is 4.49. The lowest BCUT2D eigenvalue weighted by Gasteiger charge is -2.09. The molecular formula is C9H13ClN4O3. The van der Waals surface area contributed by atoms with Crippen molar-refractivity contribution in [1.29, 1.82) is 0 Å². The minimum absolute atomic E-state index is 0.0711. The number of ether oxygens (including phenoxy) is 1. The summed E-state index contributed by atoms with van der Waals surface area (Å²) in [7, 11) is 3.87. The van der Waals surface area contributed by atoms with Crippen LogP contribution >= 0.6 is 11.6 Å². The Balaban J connectivity index is 2.62. The van der Waals surface area contributed by atoms with Crippen LogP contribution in [-0.4, -0.2) is 47.0 Å². The van der Waals surface area contributed by atoms with E-state index in [1.54, 1.807) is 0 Å². The largest absolute Gasteiger partial charge is 0.473 e. The molecule has 0 amide bonds. The standard InChI is InChI=1S/C9H13ClN4O3/c1-13(2)4-3-5-17-8-7(14(15)16)6-11-9(10)12-8/h6H,3-5H2,1-2H3. The molecule has 1 aromatic rings. The Hall–Kier alpha value is -1.47. The fourth-order valence-electron chi connectivity index (χ4n) is 1.12. The second-order valence-corrected chi connectivity index (χ2v) is 3.93. The van der Waals surface area contributed by atoms with Gasteiger partial charge >= 0.3 is 5.69 Å². The fraction of sp³-hybridized carbons (Fsp3) is 0.556. The molecule has 0 N–H and O–H groups in total. The van der Waals surface area contributed by atoms with Gasteiger partial charge in [-0.05, 0) is 32.1 Å². The Morgan fingerprint density at radius 2 is 2.29 bits per heavy atom. The molecule has 0 saturated heterocycles. The zero-order valence-corrected chi connectivity index (χ0v) is 10.3. The molecule has 0 aromatic carbocycles. The minimum atomic E-state index is -0.600. The van der Waals surface area contributed by atoms with E-state index in [0.29, 0.717) is 6.61 Å². The fourth-order valence-corrected chi connectivity index (χ4v) is 1.25. The summed E-state index contributed by atoms with van der Waals surface area (Å²) in [5.74, 6) is -0.0891. The van der Waals surface area contributed by atoms with Crippen LogP contribution in [0.3, 0.4) is 0 Å². The molecule has 0 fully saturated rings. The van der Waals surface area contributed by atoms with E-state index >= 15 is 0 Å². The average Bonchev–Trinajstić information content (AvgIpc) is 2.23. The topological polar surface area (TPSA) is 81.4 Å². The van der Waals surface area contributed by atoms with Gasteiger partial charge in [-0.1, -0.05) is 0 Å². The van der Waals surface area contributed by atoms with Crippen LogP contribution in [0.1, 0.15) is 6.42 Å². The van der Waals surface area contributed by atoms with E-state index in [4.69, 9.17) is 16.3 Å². The minimum Gasteiger partial charge on any atom is -0.473 e. The number of hydrogen-bond donors (Lipinski definition) is 0. The Labute approximate surface area is 104 Å². The van der Waals surface area contributed by atoms with Crippen molar-refractivity contribution >= 4 is 17.3 Å². The lowest BCUT2D eigenvalue weighted by molar-refractivity contribution is -0.386. The van der Waals surface area contributed by atoms with Crippen LogP contribution in [0, 0.1) is 10.1 Å². The van der Waals surface area contributed by atoms with Crippen molar-refractivity contribution in [3.8, 4) is 5.88 Å². The second-order valence-electron chi connectivity index (χ2n) is 3.59. The van der Waals surface area contributed by atoms with Gasteiger partial charge in [0.2, 0.25) is 5.28 Å². The summed E-state index contributed by atoms with van der Waals surface area (Å²) < 4.78 is 5.23. The molecule has 17 heavy (non-hydrogen) atoms. The van der Waals surface area contributed by atoms with Crippen molar-refractivity contribution in [3.05, 3.63) is 21.6 Å². The highest BCUT2D eigenvalue weighted by Crippen LogP contribution is 2.24. The maximum absolute atomic E-state index is 10.7. The molecule has 7 nitrogen and oxygen atoms in total. The molecule has 94 valence electrons. The summed E-state index contributed by atoms with van der Waals surface area (Å²) in [5.41, 5.74) is -0.278. The molecule has 0 aliphatic heterocycles. The van der Waals surface area contributed by atoms with Gasteiger partial charge in [0, 0.05) is 6.54 Å². The number of aromatic nitrogens is 2. The number of halogens is 1. The predicted octanol–water partition coefficient (Wildman–Crippen LogP) is 1.37. The smallest absolute Gasteiger partial charge is 0.349 e. The van der Waals surface area contributed by atoms with E-state index in [1.165, 1.54) is 0 Å². The third-order valence-corrected chi connectivity index (χ3v) is 2.07. The zero-order valence-electron chi connectivity index (χ0n) is 9.59. The van der Waals surface area contributed by atoms with Gasteiger partial charge in [0.1, 0.15) is 6.20 Å². The van der Waals surface area contributed by atoms with Crippen LogP contribution in [0.15, 0.2) is 6.20 Å². The van der Waals surface area contributed by atoms with Crippen molar-refractivity contribution in [2.45, 2.75) is 6.42 Å². The van der Waals surface area contributed by atoms with Crippen molar-refractivity contribution in [2.24, 2.45) is 0 Å². The van der Waals surface area contributed by atoms with Crippen molar-refractivity contribution in [1.82, 2.24) is 14.9 Å². The Morgan fingerprint density at radius 3 is 2.88 bits per heavy atom. The molecule has 0 radical (unpaired) electrons. The highest BCUT2D eigenvalue weighted by molar-refractivity contribution is 6.28. The van der Waals surface area contributed by atoms with E-state index in [-0.39, 0.29) is 16.9 Å². The first-order valence-electron chi connectivity index (χ1n) is 4.95. The Morgan fingerprint density at radius 1 is 1.59 bits per heavy atom. The van der Waals surface area contributed by atoms with Crippen LogP contribution < -0.4 is 4.74 Å². The first-order chi connectivity index (χ1) is 8.00. The van der Waals surface area contributed by atoms with Gasteiger partial charge < -0.3 is 9.64 Å². The van der Waals surface area contributed by atoms with E-state index in [2.05, 4.69) is 9.97 Å². The molecule has 0 saturated carbocycles. The van der Waals surface area contributed by atoms with Gasteiger partial charge in [0.15, 0.2) is 0 Å². The van der Waals surface area contributed by atoms with Crippen molar-refractivity contribution < 1.29 is 9.66 Å². The summed E-state index contributed by atoms with van der Waals surface area (Å²) >= 11 is 5.55. The monoisotopic (exact) mass is 260 g/mol. The first kappa shape index (κ1) is 13.6. The second kappa shape index (κ2) is 6.31. The maximum Gasteiger partial charge on any atom is 0.349 e. The molecule has 0 unspecified atom stereocenters. The van der Waals surface area contributed by atoms with E-state index < -0.39 is 4.92 Å². The van der Waals surface area contributed by atoms with Crippen LogP contribution in [0.25, 0.3) is 0 Å². The summed E-state index contributed by atoms with van der Waals surface area (Å²) in [6.07, 6.45) is 1.78. The molecule has 0 spiro atoms. The van der Waals surface area contributed by atoms with E-state index in [0.717, 1.165) is 19.2 Å². The quantitative estimate of drug-likeness (QED) is 0.333. The number of nitro groups is 1. The van der Waals surface area contributed by atoms with Crippen molar-refractivity contribution in [3.63, 3.8) is 0 Å². The molecule has 0 atom stereocenters. The van der Waals surface area contributed by atoms with Gasteiger partial charge in [0.25, 0.3) is 5.88 Å². The molecule has 1 aromatic heterocycles. The van der Waals surface area contributed by atoms with Crippen LogP contribution in [0.4, 0.5) is 5.69 Å². The average molecular weight is 261 g/mol. The summed E-state index contributed by atoms with van der Waals surface area (Å²) in [5, 5.41) is 10.6. The van der Waals surface area contributed by atoms with E-state index in [1.807, 2.05) is 19.0 Å². The van der Waals surface area contributed by atoms with Gasteiger partial charge in [-0.2, -0.15) is 4.98 Å². The number of nitrogens with zero attached hydrogens (tertiary/aromatic N) is 4. The summed E-state index contributed by atoms with van der Waals surface area (Å²) in [6.45, 7) is 1.17. The third-order valence-electron chi connectivity index (χ3n) is 1.89. The first-order valence-corrected chi connectivity index (χ1v) is 5.33. The lowest BCUT2D eigenvalue weighted by Crippen LogP contribution is -2.16. The molecule has 8 heteroatoms. The Kier molecular flexibility index (Phi) is 5.05. The summed E-state index contributed by atoms with van der Waals surface area (Å²) in [4.78, 5) is 19.3. The maximum atomic E-state index is 10.7. The Bertz CT molecular complexity index is 400. The van der Waals surface area contributed by atoms with Crippen LogP contribution in [-0.2, 0) is 0 Å². The lowest BCUT2D eigenvalue weighted by atomic mass is 10.4. The molecule has 0 aliphatic rings. The number of rotatable bonds is 6. The van der Waals surface area contributed by atoms with E-state index in [9.17, 15) is 10.1 Å². The highest BCUT2D eigenvalue weighted by Gasteiger charge is 2.18. The van der Waals surface area contributed by atoms with Gasteiger partial charge in [-0.25, -0.2) is 4.98 Å². The molecule has 0 aliphatic carbocycles. The summed E-state index contributed by atoms with van der Waals surface area (Å²) in [6, 6.07) is 0. The van der Waals surface area contributed by atoms with Gasteiger partial charge in [0.05, 0.1) is 11.5 Å². The highest BCUT2D eigenvalue weighted by atomic mass is 35.5. The van der Waals surface area contributed by atoms with Crippen LogP contribution in [0.5, 0.6) is 5.88 Å². The predicted molar refractivity (Wildman–Crippen MR) is 62.4 cm³/mol. The number of hydrogen-bond acceptors (Lipinski definition) is 6. The van der Waals surface area contributed by atoms with Gasteiger partial charge in [-0.15, -0.1) is 0 Å². The molecule has 1 rings (SSSR count). The molecular weight excluding hydrogens is 248 g/mol.